The second kappa shape index (κ2) is 32.8. The van der Waals surface area contributed by atoms with E-state index in [0.717, 1.165) is 0 Å². The van der Waals surface area contributed by atoms with Crippen LogP contribution in [0.4, 0.5) is 0 Å². The highest BCUT2D eigenvalue weighted by Crippen LogP contribution is 2.51. The van der Waals surface area contributed by atoms with Crippen LogP contribution >= 0.6 is 0 Å². The zero-order valence-corrected chi connectivity index (χ0v) is 72.1. The van der Waals surface area contributed by atoms with Crippen LogP contribution < -0.4 is 0 Å². The van der Waals surface area contributed by atoms with E-state index in [2.05, 4.69) is 491 Å². The lowest BCUT2D eigenvalue weighted by atomic mass is 9.81. The van der Waals surface area contributed by atoms with E-state index >= 15 is 0 Å². The molecule has 598 valence electrons. The van der Waals surface area contributed by atoms with Gasteiger partial charge in [0.2, 0.25) is 0 Å². The maximum absolute atomic E-state index is 2.44. The van der Waals surface area contributed by atoms with E-state index in [9.17, 15) is 0 Å². The third kappa shape index (κ3) is 14.9. The molecule has 23 aromatic rings. The Morgan fingerprint density at radius 2 is 0.333 bits per heavy atom. The average molecular weight is 1610 g/mol. The second-order valence-electron chi connectivity index (χ2n) is 35.3. The first kappa shape index (κ1) is 77.9. The van der Waals surface area contributed by atoms with Crippen molar-refractivity contribution in [3.8, 4) is 111 Å². The van der Waals surface area contributed by atoms with Crippen molar-refractivity contribution in [3.05, 3.63) is 471 Å². The highest BCUT2D eigenvalue weighted by atomic mass is 14.3. The predicted octanol–water partition coefficient (Wildman–Crippen LogP) is 35.8. The molecule has 0 unspecified atom stereocenters. The van der Waals surface area contributed by atoms with Gasteiger partial charge in [0.1, 0.15) is 0 Å². The topological polar surface area (TPSA) is 0 Å². The Morgan fingerprint density at radius 1 is 0.127 bits per heavy atom. The fourth-order valence-corrected chi connectivity index (χ4v) is 19.7. The summed E-state index contributed by atoms with van der Waals surface area (Å²) in [5, 5.41) is 25.5. The van der Waals surface area contributed by atoms with E-state index in [4.69, 9.17) is 0 Å². The van der Waals surface area contributed by atoms with E-state index in [-0.39, 0.29) is 5.41 Å². The van der Waals surface area contributed by atoms with Gasteiger partial charge in [0.25, 0.3) is 0 Å². The van der Waals surface area contributed by atoms with Crippen LogP contribution in [0, 0.1) is 27.7 Å². The SMILES string of the molecule is CC(C)(C)c1ccc2c(-c3ccc4ccccc4c3)c3ccccc3c(-c3ccc4ccccc4c3)c2c1.Cc1cccc(-c2cc(-c3cccc(C)c3)cc(-c3c4ccccc4c(-c4cc(-c5cccc(C)c5)cc(-c5cccc(C)c5)c4)c4ccccc34)c2)c1.c1ccc2cc(-c3c4ccccc4c(-c4ccc5ccccc5c4)c4ccccc34)ccc2c1. The van der Waals surface area contributed by atoms with E-state index in [1.54, 1.807) is 0 Å². The Hall–Kier alpha value is -15.3. The monoisotopic (exact) mass is 1610 g/mol. The molecule has 0 bridgehead atoms. The van der Waals surface area contributed by atoms with Gasteiger partial charge in [-0.15, -0.1) is 0 Å². The van der Waals surface area contributed by atoms with Crippen molar-refractivity contribution in [1.29, 1.82) is 0 Å². The van der Waals surface area contributed by atoms with Crippen LogP contribution in [0.15, 0.2) is 443 Å². The largest absolute Gasteiger partial charge is 0.0616 e. The van der Waals surface area contributed by atoms with Crippen LogP contribution in [-0.4, -0.2) is 0 Å². The molecule has 0 heterocycles. The van der Waals surface area contributed by atoms with Gasteiger partial charge < -0.3 is 0 Å². The van der Waals surface area contributed by atoms with Crippen LogP contribution in [0.5, 0.6) is 0 Å². The maximum Gasteiger partial charge on any atom is -0.00259 e. The summed E-state index contributed by atoms with van der Waals surface area (Å²) in [5.41, 5.74) is 31.5. The molecule has 23 aromatic carbocycles. The van der Waals surface area contributed by atoms with Crippen molar-refractivity contribution < 1.29 is 0 Å². The summed E-state index contributed by atoms with van der Waals surface area (Å²) in [5.74, 6) is 0. The standard InChI is InChI=1S/C54H42.C38H30.C34H22/c1-35-13-9-17-39(25-35)43-29-44(40-18-10-14-36(2)26-40)32-47(31-43)53-49-21-5-7-23-51(49)54(52-24-8-6-22-50(52)53)48-33-45(41-19-11-15-37(3)27-41)30-46(34-48)42-20-12-16-38(4)28-42;1-38(2,3)31-20-21-34-35(24-31)37(30-19-17-26-11-5-7-13-28(26)23-30)33-15-9-8-14-32(33)36(34)29-18-16-25-10-4-6-12-27(25)22-29;1-3-11-25-21-27(19-17-23(25)9-1)33-29-13-5-7-15-31(29)34(32-16-8-6-14-30(32)33)28-20-18-24-10-2-4-12-26(24)22-28/h5-34H,1-4H3;4-24H,1-3H3;1-22H. The van der Waals surface area contributed by atoms with Gasteiger partial charge in [0, 0.05) is 0 Å². The number of fused-ring (bicyclic) bond motifs is 10. The summed E-state index contributed by atoms with van der Waals surface area (Å²) in [6, 6.07) is 164. The number of hydrogen-bond acceptors (Lipinski definition) is 0. The summed E-state index contributed by atoms with van der Waals surface area (Å²) in [4.78, 5) is 0. The van der Waals surface area contributed by atoms with Crippen molar-refractivity contribution in [2.45, 2.75) is 53.9 Å². The van der Waals surface area contributed by atoms with E-state index in [1.165, 1.54) is 247 Å². The molecule has 0 nitrogen and oxygen atoms in total. The van der Waals surface area contributed by atoms with Crippen molar-refractivity contribution in [2.24, 2.45) is 0 Å². The summed E-state index contributed by atoms with van der Waals surface area (Å²) in [6.07, 6.45) is 0. The predicted molar refractivity (Wildman–Crippen MR) is 546 cm³/mol. The zero-order chi connectivity index (χ0) is 85.1. The molecule has 0 saturated heterocycles. The van der Waals surface area contributed by atoms with Crippen LogP contribution in [0.1, 0.15) is 48.6 Å². The fraction of sp³-hybridized carbons (Fsp3) is 0.0635. The first-order valence-corrected chi connectivity index (χ1v) is 44.1. The van der Waals surface area contributed by atoms with E-state index in [0.29, 0.717) is 0 Å². The minimum Gasteiger partial charge on any atom is -0.0616 e. The minimum atomic E-state index is 0.0591. The van der Waals surface area contributed by atoms with Gasteiger partial charge in [-0.25, -0.2) is 0 Å². The van der Waals surface area contributed by atoms with Crippen molar-refractivity contribution >= 4 is 108 Å². The Labute approximate surface area is 738 Å². The average Bonchev–Trinajstić information content (AvgIpc) is 0.739. The highest BCUT2D eigenvalue weighted by Gasteiger charge is 2.25. The van der Waals surface area contributed by atoms with E-state index < -0.39 is 0 Å². The Bertz CT molecular complexity index is 7670. The van der Waals surface area contributed by atoms with Crippen LogP contribution in [0.25, 0.3) is 219 Å². The molecular formula is C126H94. The molecule has 0 spiro atoms. The second-order valence-corrected chi connectivity index (χ2v) is 35.3. The molecule has 0 atom stereocenters. The van der Waals surface area contributed by atoms with Gasteiger partial charge in [0.05, 0.1) is 0 Å². The number of benzene rings is 23. The molecular weight excluding hydrogens is 1510 g/mol. The van der Waals surface area contributed by atoms with E-state index in [1.807, 2.05) is 0 Å². The van der Waals surface area contributed by atoms with Crippen LogP contribution in [0.3, 0.4) is 0 Å². The van der Waals surface area contributed by atoms with Gasteiger partial charge in [-0.05, 0) is 324 Å². The molecule has 0 aliphatic heterocycles. The Balaban J connectivity index is 0.000000119. The number of aryl methyl sites for hydroxylation is 4. The lowest BCUT2D eigenvalue weighted by molar-refractivity contribution is 0.591. The molecule has 0 aliphatic carbocycles. The molecule has 0 amide bonds. The minimum absolute atomic E-state index is 0.0591. The fourth-order valence-electron chi connectivity index (χ4n) is 19.7. The molecule has 126 heavy (non-hydrogen) atoms. The molecule has 0 radical (unpaired) electrons. The summed E-state index contributed by atoms with van der Waals surface area (Å²) in [7, 11) is 0. The number of hydrogen-bond donors (Lipinski definition) is 0. The number of rotatable bonds is 10. The first-order chi connectivity index (χ1) is 61.7. The molecule has 0 heteroatoms. The first-order valence-electron chi connectivity index (χ1n) is 44.1. The van der Waals surface area contributed by atoms with Crippen molar-refractivity contribution in [1.82, 2.24) is 0 Å². The highest BCUT2D eigenvalue weighted by molar-refractivity contribution is 6.25. The smallest absolute Gasteiger partial charge is 0.00259 e. The van der Waals surface area contributed by atoms with Crippen LogP contribution in [0.2, 0.25) is 0 Å². The van der Waals surface area contributed by atoms with Gasteiger partial charge in [-0.1, -0.05) is 419 Å². The molecule has 0 N–H and O–H groups in total. The normalized spacial score (nSPS) is 11.6. The lowest BCUT2D eigenvalue weighted by Crippen LogP contribution is -2.10. The summed E-state index contributed by atoms with van der Waals surface area (Å²) >= 11 is 0. The van der Waals surface area contributed by atoms with Gasteiger partial charge in [-0.2, -0.15) is 0 Å². The molecule has 0 fully saturated rings. The van der Waals surface area contributed by atoms with Crippen LogP contribution in [-0.2, 0) is 5.41 Å². The molecule has 0 aromatic heterocycles. The lowest BCUT2D eigenvalue weighted by Gasteiger charge is -2.23. The Morgan fingerprint density at radius 3 is 0.571 bits per heavy atom. The van der Waals surface area contributed by atoms with Gasteiger partial charge >= 0.3 is 0 Å². The third-order valence-electron chi connectivity index (χ3n) is 25.8. The summed E-state index contributed by atoms with van der Waals surface area (Å²) in [6.45, 7) is 15.6. The summed E-state index contributed by atoms with van der Waals surface area (Å²) < 4.78 is 0. The van der Waals surface area contributed by atoms with Gasteiger partial charge in [-0.3, -0.25) is 0 Å². The van der Waals surface area contributed by atoms with Crippen molar-refractivity contribution in [3.63, 3.8) is 0 Å². The molecule has 0 aliphatic rings. The maximum atomic E-state index is 2.44. The van der Waals surface area contributed by atoms with Gasteiger partial charge in [0.15, 0.2) is 0 Å². The quantitative estimate of drug-likeness (QED) is 0.120. The zero-order valence-electron chi connectivity index (χ0n) is 72.1. The van der Waals surface area contributed by atoms with Crippen molar-refractivity contribution in [2.75, 3.05) is 0 Å². The molecule has 0 saturated carbocycles. The Kier molecular flexibility index (Phi) is 20.3. The third-order valence-corrected chi connectivity index (χ3v) is 25.8. The molecule has 23 rings (SSSR count).